The van der Waals surface area contributed by atoms with Crippen LogP contribution in [0.4, 0.5) is 11.4 Å². The van der Waals surface area contributed by atoms with Gasteiger partial charge in [-0.3, -0.25) is 19.2 Å². The van der Waals surface area contributed by atoms with Gasteiger partial charge in [0, 0.05) is 55.5 Å². The number of para-hydroxylation sites is 3. The number of benzene rings is 2. The number of carbonyl (C=O) groups is 4. The zero-order valence-corrected chi connectivity index (χ0v) is 40.1. The maximum atomic E-state index is 13.5. The minimum atomic E-state index is 0.0546. The molecule has 14 atom stereocenters. The van der Waals surface area contributed by atoms with Crippen LogP contribution in [-0.4, -0.2) is 65.7 Å². The van der Waals surface area contributed by atoms with Crippen molar-refractivity contribution >= 4 is 35.0 Å². The number of nitrogens with zero attached hydrogens (tertiary/aromatic N) is 2. The Morgan fingerprint density at radius 3 is 1.50 bits per heavy atom. The number of rotatable bonds is 7. The highest BCUT2D eigenvalue weighted by atomic mass is 16.5. The summed E-state index contributed by atoms with van der Waals surface area (Å²) in [5.74, 6) is 5.99. The lowest BCUT2D eigenvalue weighted by molar-refractivity contribution is -0.162. The Kier molecular flexibility index (Phi) is 12.3. The maximum Gasteiger partial charge on any atom is 0.228 e. The first-order valence-electron chi connectivity index (χ1n) is 25.6. The van der Waals surface area contributed by atoms with Crippen LogP contribution >= 0.6 is 0 Å². The highest BCUT2D eigenvalue weighted by molar-refractivity contribution is 5.95. The summed E-state index contributed by atoms with van der Waals surface area (Å²) in [6.45, 7) is 15.7. The van der Waals surface area contributed by atoms with Crippen molar-refractivity contribution in [3.8, 4) is 5.75 Å². The second kappa shape index (κ2) is 17.4. The monoisotopic (exact) mass is 875 g/mol. The fourth-order valence-electron chi connectivity index (χ4n) is 17.4. The molecule has 6 aliphatic carbocycles. The zero-order valence-electron chi connectivity index (χ0n) is 40.1. The van der Waals surface area contributed by atoms with Crippen molar-refractivity contribution in [2.45, 2.75) is 156 Å². The number of fused-ring (bicyclic) bond motifs is 10. The number of piperidine rings is 2. The average molecular weight is 875 g/mol. The number of likely N-dealkylation sites (tertiary alicyclic amines) is 2. The average Bonchev–Trinajstić information content (AvgIpc) is 3.84. The Balaban J connectivity index is 0.000000162. The molecule has 10 rings (SSSR count). The molecule has 8 aliphatic rings. The van der Waals surface area contributed by atoms with Crippen LogP contribution < -0.4 is 15.4 Å². The van der Waals surface area contributed by atoms with Crippen molar-refractivity contribution in [2.75, 3.05) is 30.8 Å². The fraction of sp³-hybridized carbons (Fsp3) is 0.709. The van der Waals surface area contributed by atoms with Gasteiger partial charge in [0.15, 0.2) is 0 Å². The molecule has 2 aromatic carbocycles. The predicted octanol–water partition coefficient (Wildman–Crippen LogP) is 11.0. The van der Waals surface area contributed by atoms with E-state index in [1.54, 1.807) is 7.11 Å². The van der Waals surface area contributed by atoms with Gasteiger partial charge >= 0.3 is 0 Å². The Morgan fingerprint density at radius 1 is 0.562 bits per heavy atom. The number of amides is 4. The number of anilines is 2. The summed E-state index contributed by atoms with van der Waals surface area (Å²) in [6, 6.07) is 18.4. The number of ether oxygens (including phenoxy) is 1. The molecule has 0 unspecified atom stereocenters. The molecule has 8 fully saturated rings. The van der Waals surface area contributed by atoms with Crippen molar-refractivity contribution in [3.63, 3.8) is 0 Å². The summed E-state index contributed by atoms with van der Waals surface area (Å²) >= 11 is 0. The summed E-state index contributed by atoms with van der Waals surface area (Å²) < 4.78 is 5.46. The van der Waals surface area contributed by atoms with Gasteiger partial charge in [0.1, 0.15) is 5.75 Å². The van der Waals surface area contributed by atoms with Crippen molar-refractivity contribution in [2.24, 2.45) is 69.0 Å². The Bertz CT molecular complexity index is 2080. The first kappa shape index (κ1) is 45.3. The molecule has 0 radical (unpaired) electrons. The Labute approximate surface area is 384 Å². The van der Waals surface area contributed by atoms with Gasteiger partial charge in [-0.1, -0.05) is 58.0 Å². The molecule has 0 spiro atoms. The molecule has 2 aromatic rings. The Hall–Kier alpha value is -3.88. The quantitative estimate of drug-likeness (QED) is 0.288. The van der Waals surface area contributed by atoms with E-state index in [1.807, 2.05) is 54.6 Å². The lowest BCUT2D eigenvalue weighted by atomic mass is 9.46. The van der Waals surface area contributed by atoms with Crippen LogP contribution in [0.3, 0.4) is 0 Å². The van der Waals surface area contributed by atoms with E-state index in [2.05, 4.69) is 62.0 Å². The summed E-state index contributed by atoms with van der Waals surface area (Å²) in [7, 11) is 1.65. The van der Waals surface area contributed by atoms with Gasteiger partial charge < -0.3 is 25.2 Å². The molecule has 2 N–H and O–H groups in total. The number of carbonyl (C=O) groups excluding carboxylic acids is 4. The van der Waals surface area contributed by atoms with E-state index in [0.717, 1.165) is 82.3 Å². The van der Waals surface area contributed by atoms with Gasteiger partial charge in [-0.2, -0.15) is 0 Å². The van der Waals surface area contributed by atoms with Crippen LogP contribution in [0.1, 0.15) is 144 Å². The molecular weight excluding hydrogens is 797 g/mol. The molecule has 2 heterocycles. The van der Waals surface area contributed by atoms with E-state index >= 15 is 0 Å². The molecule has 0 aromatic heterocycles. The highest BCUT2D eigenvalue weighted by Gasteiger charge is 2.64. The van der Waals surface area contributed by atoms with E-state index in [-0.39, 0.29) is 45.3 Å². The number of hydrogen-bond donors (Lipinski definition) is 2. The van der Waals surface area contributed by atoms with Crippen LogP contribution in [0.2, 0.25) is 0 Å². The molecule has 9 nitrogen and oxygen atoms in total. The van der Waals surface area contributed by atoms with Gasteiger partial charge in [0.05, 0.1) is 12.8 Å². The van der Waals surface area contributed by atoms with Crippen LogP contribution in [0.25, 0.3) is 0 Å². The van der Waals surface area contributed by atoms with E-state index in [4.69, 9.17) is 4.74 Å². The van der Waals surface area contributed by atoms with Gasteiger partial charge in [0.2, 0.25) is 23.6 Å². The molecule has 2 saturated heterocycles. The van der Waals surface area contributed by atoms with Crippen molar-refractivity contribution in [3.05, 3.63) is 54.6 Å². The van der Waals surface area contributed by atoms with Gasteiger partial charge in [-0.05, 0) is 185 Å². The third-order valence-electron chi connectivity index (χ3n) is 20.5. The molecule has 348 valence electrons. The molecule has 4 amide bonds. The number of nitrogens with one attached hydrogen (secondary N) is 2. The SMILES string of the molecule is CCN1C(=O)CC[C@]2(C)[C@H]3CC[C@]4(C)[C@@H](C(=O)Nc5ccccc5)CC[C@H]4[C@@H]3CC[C@@H]12.CCN1C(=O)CC[C@]2(C)[C@H]3CC[C@]4(C)[C@@H](C(=O)Nc5ccccc5OC)CC[C@H]4[C@@H]3CC[C@@H]12. The van der Waals surface area contributed by atoms with Gasteiger partial charge in [0.25, 0.3) is 0 Å². The normalized spacial score (nSPS) is 40.9. The van der Waals surface area contributed by atoms with E-state index in [1.165, 1.54) is 32.1 Å². The molecule has 6 saturated carbocycles. The first-order valence-corrected chi connectivity index (χ1v) is 25.6. The molecule has 0 bridgehead atoms. The minimum Gasteiger partial charge on any atom is -0.495 e. The topological polar surface area (TPSA) is 108 Å². The lowest BCUT2D eigenvalue weighted by Crippen LogP contribution is -2.62. The van der Waals surface area contributed by atoms with Crippen molar-refractivity contribution < 1.29 is 23.9 Å². The molecule has 64 heavy (non-hydrogen) atoms. The Morgan fingerprint density at radius 2 is 1.02 bits per heavy atom. The summed E-state index contributed by atoms with van der Waals surface area (Å²) in [6.07, 6.45) is 17.2. The largest absolute Gasteiger partial charge is 0.495 e. The molecule has 9 heteroatoms. The van der Waals surface area contributed by atoms with Crippen LogP contribution in [-0.2, 0) is 19.2 Å². The number of methoxy groups -OCH3 is 1. The number of hydrogen-bond acceptors (Lipinski definition) is 5. The smallest absolute Gasteiger partial charge is 0.228 e. The summed E-state index contributed by atoms with van der Waals surface area (Å²) in [5, 5.41) is 6.40. The predicted molar refractivity (Wildman–Crippen MR) is 253 cm³/mol. The van der Waals surface area contributed by atoms with Crippen molar-refractivity contribution in [1.29, 1.82) is 0 Å². The van der Waals surface area contributed by atoms with Crippen LogP contribution in [0.15, 0.2) is 54.6 Å². The van der Waals surface area contributed by atoms with Crippen molar-refractivity contribution in [1.82, 2.24) is 9.80 Å². The van der Waals surface area contributed by atoms with Gasteiger partial charge in [-0.25, -0.2) is 0 Å². The second-order valence-electron chi connectivity index (χ2n) is 22.7. The third kappa shape index (κ3) is 7.30. The van der Waals surface area contributed by atoms with Crippen LogP contribution in [0.5, 0.6) is 5.75 Å². The highest BCUT2D eigenvalue weighted by Crippen LogP contribution is 2.68. The van der Waals surface area contributed by atoms with E-state index in [0.29, 0.717) is 78.0 Å². The minimum absolute atomic E-state index is 0.0546. The lowest BCUT2D eigenvalue weighted by Gasteiger charge is -2.62. The van der Waals surface area contributed by atoms with E-state index < -0.39 is 0 Å². The third-order valence-corrected chi connectivity index (χ3v) is 20.5. The molecular formula is C55H78N4O5. The standard InChI is InChI=1S/C28H40N2O3.C27H38N2O2/c1-5-30-24-13-10-18-19-11-12-21(26(32)29-22-8-6-7-9-23(22)33-4)27(19,2)16-14-20(18)28(24,3)17-15-25(30)31;1-4-29-23-13-10-19-20-11-12-22(25(31)28-18-8-6-5-7-9-18)26(20,2)16-14-21(19)27(23,3)17-15-24(29)30/h6-9,18-21,24H,5,10-17H2,1-4H3,(H,29,32);5-9,19-23H,4,10-17H2,1-3H3,(H,28,31)/t18-,19-,20-,21+,24+,27-,28+;19-,20-,21-,22+,23+,26-,27+/m00/s1. The van der Waals surface area contributed by atoms with Gasteiger partial charge in [-0.15, -0.1) is 0 Å². The zero-order chi connectivity index (χ0) is 45.2. The fourth-order valence-corrected chi connectivity index (χ4v) is 17.4. The molecule has 2 aliphatic heterocycles. The van der Waals surface area contributed by atoms with Crippen LogP contribution in [0, 0.1) is 69.0 Å². The maximum absolute atomic E-state index is 13.5. The second-order valence-corrected chi connectivity index (χ2v) is 22.7. The van der Waals surface area contributed by atoms with E-state index in [9.17, 15) is 19.2 Å². The summed E-state index contributed by atoms with van der Waals surface area (Å²) in [4.78, 5) is 56.3. The first-order chi connectivity index (χ1) is 30.7. The summed E-state index contributed by atoms with van der Waals surface area (Å²) in [5.41, 5.74) is 2.33.